The first kappa shape index (κ1) is 9.71. The Balaban J connectivity index is 2.98. The molecule has 0 saturated carbocycles. The first-order chi connectivity index (χ1) is 5.54. The number of hydrogen-bond acceptors (Lipinski definition) is 2. The molecule has 1 unspecified atom stereocenters. The first-order valence-corrected chi connectivity index (χ1v) is 3.97. The molecule has 1 aliphatic rings. The molecule has 0 amide bonds. The van der Waals surface area contributed by atoms with Crippen LogP contribution in [0.15, 0.2) is 21.4 Å². The third kappa shape index (κ3) is 1.68. The predicted molar refractivity (Wildman–Crippen MR) is 45.2 cm³/mol. The average Bonchev–Trinajstić information content (AvgIpc) is 2.00. The molecule has 1 atom stereocenters. The summed E-state index contributed by atoms with van der Waals surface area (Å²) in [5, 5.41) is 8.53. The molecule has 0 spiro atoms. The molecule has 6 heteroatoms. The van der Waals surface area contributed by atoms with Crippen molar-refractivity contribution in [3.8, 4) is 0 Å². The molecule has 0 bridgehead atoms. The minimum absolute atomic E-state index is 0.0111. The van der Waals surface area contributed by atoms with Gasteiger partial charge in [0.1, 0.15) is 6.26 Å². The van der Waals surface area contributed by atoms with E-state index >= 15 is 0 Å². The molecule has 0 radical (unpaired) electrons. The van der Waals surface area contributed by atoms with Crippen molar-refractivity contribution in [2.24, 2.45) is 0 Å². The van der Waals surface area contributed by atoms with E-state index in [4.69, 9.17) is 39.9 Å². The quantitative estimate of drug-likeness (QED) is 0.750. The molecular formula is C6H3Cl3O3. The first-order valence-electron chi connectivity index (χ1n) is 2.83. The van der Waals surface area contributed by atoms with Crippen molar-refractivity contribution in [3.63, 3.8) is 0 Å². The summed E-state index contributed by atoms with van der Waals surface area (Å²) in [5.74, 6) is -1.21. The lowest BCUT2D eigenvalue weighted by molar-refractivity contribution is -0.144. The number of halogens is 3. The van der Waals surface area contributed by atoms with E-state index < -0.39 is 12.1 Å². The van der Waals surface area contributed by atoms with Crippen molar-refractivity contribution in [2.45, 2.75) is 6.10 Å². The van der Waals surface area contributed by atoms with Crippen LogP contribution in [0, 0.1) is 0 Å². The van der Waals surface area contributed by atoms with Gasteiger partial charge in [-0.15, -0.1) is 0 Å². The SMILES string of the molecule is O=C(O)C1OC=C(Cl)C(Cl)=C1Cl. The van der Waals surface area contributed by atoms with Gasteiger partial charge in [-0.25, -0.2) is 4.79 Å². The number of aliphatic carboxylic acids is 1. The summed E-state index contributed by atoms with van der Waals surface area (Å²) >= 11 is 16.6. The van der Waals surface area contributed by atoms with Crippen molar-refractivity contribution in [2.75, 3.05) is 0 Å². The molecule has 0 aromatic rings. The summed E-state index contributed by atoms with van der Waals surface area (Å²) in [5.41, 5.74) is 0. The van der Waals surface area contributed by atoms with Crippen LogP contribution in [-0.2, 0) is 9.53 Å². The number of hydrogen-bond donors (Lipinski definition) is 1. The van der Waals surface area contributed by atoms with Gasteiger partial charge < -0.3 is 9.84 Å². The van der Waals surface area contributed by atoms with Crippen LogP contribution in [0.25, 0.3) is 0 Å². The Kier molecular flexibility index (Phi) is 2.88. The van der Waals surface area contributed by atoms with E-state index in [-0.39, 0.29) is 15.1 Å². The number of rotatable bonds is 1. The van der Waals surface area contributed by atoms with Crippen molar-refractivity contribution in [1.82, 2.24) is 0 Å². The minimum Gasteiger partial charge on any atom is -0.479 e. The van der Waals surface area contributed by atoms with Gasteiger partial charge in [0.15, 0.2) is 0 Å². The second-order valence-electron chi connectivity index (χ2n) is 1.98. The molecule has 0 fully saturated rings. The Morgan fingerprint density at radius 2 is 2.08 bits per heavy atom. The summed E-state index contributed by atoms with van der Waals surface area (Å²) in [6.45, 7) is 0. The molecule has 3 nitrogen and oxygen atoms in total. The normalized spacial score (nSPS) is 23.2. The lowest BCUT2D eigenvalue weighted by Crippen LogP contribution is -2.24. The fraction of sp³-hybridized carbons (Fsp3) is 0.167. The monoisotopic (exact) mass is 228 g/mol. The Morgan fingerprint density at radius 1 is 1.50 bits per heavy atom. The Morgan fingerprint density at radius 3 is 2.58 bits per heavy atom. The lowest BCUT2D eigenvalue weighted by atomic mass is 10.3. The molecule has 12 heavy (non-hydrogen) atoms. The van der Waals surface area contributed by atoms with Crippen LogP contribution in [-0.4, -0.2) is 17.2 Å². The summed E-state index contributed by atoms with van der Waals surface area (Å²) in [4.78, 5) is 10.4. The van der Waals surface area contributed by atoms with Crippen LogP contribution in [0.3, 0.4) is 0 Å². The Labute approximate surface area is 83.2 Å². The van der Waals surface area contributed by atoms with Gasteiger partial charge in [0.2, 0.25) is 6.10 Å². The average molecular weight is 229 g/mol. The summed E-state index contributed by atoms with van der Waals surface area (Å²) < 4.78 is 4.67. The maximum Gasteiger partial charge on any atom is 0.350 e. The molecule has 0 aromatic carbocycles. The molecule has 1 aliphatic heterocycles. The molecular weight excluding hydrogens is 226 g/mol. The van der Waals surface area contributed by atoms with Gasteiger partial charge in [-0.05, 0) is 0 Å². The topological polar surface area (TPSA) is 46.5 Å². The van der Waals surface area contributed by atoms with Crippen LogP contribution < -0.4 is 0 Å². The molecule has 1 heterocycles. The van der Waals surface area contributed by atoms with E-state index in [1.807, 2.05) is 0 Å². The molecule has 1 N–H and O–H groups in total. The van der Waals surface area contributed by atoms with Crippen molar-refractivity contribution >= 4 is 40.8 Å². The van der Waals surface area contributed by atoms with Crippen LogP contribution in [0.5, 0.6) is 0 Å². The third-order valence-corrected chi connectivity index (χ3v) is 2.45. The van der Waals surface area contributed by atoms with E-state index in [0.29, 0.717) is 0 Å². The van der Waals surface area contributed by atoms with Gasteiger partial charge in [0.25, 0.3) is 0 Å². The lowest BCUT2D eigenvalue weighted by Gasteiger charge is -2.17. The maximum absolute atomic E-state index is 10.4. The summed E-state index contributed by atoms with van der Waals surface area (Å²) in [6.07, 6.45) is -0.198. The zero-order valence-electron chi connectivity index (χ0n) is 5.55. The second-order valence-corrected chi connectivity index (χ2v) is 3.17. The van der Waals surface area contributed by atoms with Gasteiger partial charge in [0.05, 0.1) is 15.1 Å². The van der Waals surface area contributed by atoms with Gasteiger partial charge >= 0.3 is 5.97 Å². The molecule has 0 saturated heterocycles. The highest BCUT2D eigenvalue weighted by Gasteiger charge is 2.29. The largest absolute Gasteiger partial charge is 0.479 e. The zero-order valence-corrected chi connectivity index (χ0v) is 7.82. The van der Waals surface area contributed by atoms with Crippen molar-refractivity contribution in [3.05, 3.63) is 21.4 Å². The van der Waals surface area contributed by atoms with Gasteiger partial charge in [-0.3, -0.25) is 0 Å². The molecule has 1 rings (SSSR count). The number of ether oxygens (including phenoxy) is 1. The Hall–Kier alpha value is -0.380. The fourth-order valence-corrected chi connectivity index (χ4v) is 1.23. The number of carboxylic acids is 1. The Bertz CT molecular complexity index is 282. The van der Waals surface area contributed by atoms with E-state index in [1.165, 1.54) is 0 Å². The maximum atomic E-state index is 10.4. The van der Waals surface area contributed by atoms with Crippen LogP contribution >= 0.6 is 34.8 Å². The van der Waals surface area contributed by atoms with E-state index in [2.05, 4.69) is 4.74 Å². The minimum atomic E-state index is -1.25. The summed E-state index contributed by atoms with van der Waals surface area (Å²) in [7, 11) is 0. The highest BCUT2D eigenvalue weighted by molar-refractivity contribution is 6.48. The van der Waals surface area contributed by atoms with Crippen LogP contribution in [0.4, 0.5) is 0 Å². The highest BCUT2D eigenvalue weighted by Crippen LogP contribution is 2.32. The number of allylic oxidation sites excluding steroid dienone is 2. The smallest absolute Gasteiger partial charge is 0.350 e. The van der Waals surface area contributed by atoms with Gasteiger partial charge in [-0.2, -0.15) is 0 Å². The van der Waals surface area contributed by atoms with E-state index in [9.17, 15) is 4.79 Å². The second kappa shape index (κ2) is 3.56. The van der Waals surface area contributed by atoms with Crippen molar-refractivity contribution in [1.29, 1.82) is 0 Å². The third-order valence-electron chi connectivity index (χ3n) is 1.18. The fourth-order valence-electron chi connectivity index (χ4n) is 0.635. The van der Waals surface area contributed by atoms with Gasteiger partial charge in [0, 0.05) is 0 Å². The zero-order chi connectivity index (χ0) is 9.30. The molecule has 0 aromatic heterocycles. The van der Waals surface area contributed by atoms with Crippen LogP contribution in [0.1, 0.15) is 0 Å². The summed E-state index contributed by atoms with van der Waals surface area (Å²) in [6, 6.07) is 0. The van der Waals surface area contributed by atoms with Crippen molar-refractivity contribution < 1.29 is 14.6 Å². The van der Waals surface area contributed by atoms with E-state index in [0.717, 1.165) is 6.26 Å². The standard InChI is InChI=1S/C6H3Cl3O3/c7-2-1-12-5(6(10)11)4(9)3(2)8/h1,5H,(H,10,11). The number of carboxylic acid groups (broad SMARTS) is 1. The van der Waals surface area contributed by atoms with Gasteiger partial charge in [-0.1, -0.05) is 34.8 Å². The van der Waals surface area contributed by atoms with Crippen LogP contribution in [0.2, 0.25) is 0 Å². The predicted octanol–water partition coefficient (Wildman–Crippen LogP) is 2.24. The highest BCUT2D eigenvalue weighted by atomic mass is 35.5. The van der Waals surface area contributed by atoms with E-state index in [1.54, 1.807) is 0 Å². The molecule has 66 valence electrons. The number of carbonyl (C=O) groups is 1. The molecule has 0 aliphatic carbocycles.